The molecule has 3 heterocycles. The number of carbonyl (C=O) groups is 3. The highest BCUT2D eigenvalue weighted by Crippen LogP contribution is 2.42. The van der Waals surface area contributed by atoms with Gasteiger partial charge in [0, 0.05) is 56.9 Å². The summed E-state index contributed by atoms with van der Waals surface area (Å²) in [4.78, 5) is 59.5. The molecule has 1 aliphatic carbocycles. The molecule has 3 aliphatic heterocycles. The number of oxime groups is 1. The molecule has 5 rings (SSSR count). The van der Waals surface area contributed by atoms with Gasteiger partial charge in [-0.1, -0.05) is 77.1 Å². The third-order valence-electron chi connectivity index (χ3n) is 16.7. The summed E-state index contributed by atoms with van der Waals surface area (Å²) in [5, 5.41) is 53.7. The molecule has 0 bridgehead atoms. The van der Waals surface area contributed by atoms with E-state index >= 15 is 0 Å². The standard InChI is InChI=1S/C56H93N5O17/c1-15-43-56(11,67)48(63)34(4)45(59-71-27-19-22-39-20-17-16-18-21-39)32(2)29-54(9,66)49(35(5)46(36(6)51(64)75-43)76-44-30-55(10,70-14)50(37(7)73-44)74-38(8)62)78-52-47(42(60(12)13)28-33(3)72-52)77-53(65)58-57-31-40-23-25-41(26-24-40)61(68)69/h23-26,32-37,39,42-44,46-50,52,57,63,66-67H,15-22,27-31H2,1-14H3,(H,58,65)/b59-45+/t32-,33-,34+,35+,36-,37+,42+,43-,44+,46+,47-,48-,49-,50+,52+,54?,55-,56-/m1/s1. The van der Waals surface area contributed by atoms with Gasteiger partial charge in [-0.05, 0) is 99.2 Å². The number of hydrogen-bond donors (Lipinski definition) is 5. The van der Waals surface area contributed by atoms with Crippen molar-refractivity contribution in [3.8, 4) is 0 Å². The summed E-state index contributed by atoms with van der Waals surface area (Å²) < 4.78 is 51.1. The first-order valence-electron chi connectivity index (χ1n) is 28.1. The molecule has 78 heavy (non-hydrogen) atoms. The maximum absolute atomic E-state index is 14.8. The van der Waals surface area contributed by atoms with Crippen LogP contribution in [0.1, 0.15) is 152 Å². The Kier molecular flexibility index (Phi) is 23.7. The Bertz CT molecular complexity index is 2120. The fourth-order valence-corrected chi connectivity index (χ4v) is 12.2. The summed E-state index contributed by atoms with van der Waals surface area (Å²) >= 11 is 0. The van der Waals surface area contributed by atoms with Crippen molar-refractivity contribution in [1.29, 1.82) is 0 Å². The molecule has 0 aromatic heterocycles. The van der Waals surface area contributed by atoms with E-state index in [1.165, 1.54) is 65.2 Å². The first-order chi connectivity index (χ1) is 36.6. The molecule has 18 atom stereocenters. The number of methoxy groups -OCH3 is 1. The van der Waals surface area contributed by atoms with Crippen molar-refractivity contribution in [2.24, 2.45) is 34.7 Å². The second kappa shape index (κ2) is 28.5. The predicted molar refractivity (Wildman–Crippen MR) is 287 cm³/mol. The van der Waals surface area contributed by atoms with Crippen LogP contribution in [0.3, 0.4) is 0 Å². The predicted octanol–water partition coefficient (Wildman–Crippen LogP) is 6.87. The number of benzene rings is 1. The summed E-state index contributed by atoms with van der Waals surface area (Å²) in [6.45, 7) is 18.8. The van der Waals surface area contributed by atoms with Gasteiger partial charge in [0.25, 0.3) is 5.69 Å². The molecule has 3 saturated heterocycles. The first kappa shape index (κ1) is 64.7. The Morgan fingerprint density at radius 1 is 0.923 bits per heavy atom. The van der Waals surface area contributed by atoms with Gasteiger partial charge < -0.3 is 63.0 Å². The number of nitrogens with zero attached hydrogens (tertiary/aromatic N) is 3. The van der Waals surface area contributed by atoms with Crippen LogP contribution in [0.15, 0.2) is 29.4 Å². The van der Waals surface area contributed by atoms with E-state index in [2.05, 4.69) is 16.0 Å². The molecule has 22 heteroatoms. The minimum atomic E-state index is -2.00. The highest BCUT2D eigenvalue weighted by atomic mass is 16.7. The van der Waals surface area contributed by atoms with Crippen LogP contribution < -0.4 is 10.9 Å². The Labute approximate surface area is 461 Å². The van der Waals surface area contributed by atoms with Gasteiger partial charge in [0.05, 0.1) is 58.7 Å². The fraction of sp³-hybridized carbons (Fsp3) is 0.821. The van der Waals surface area contributed by atoms with Gasteiger partial charge in [-0.15, -0.1) is 0 Å². The van der Waals surface area contributed by atoms with Crippen LogP contribution in [-0.2, 0) is 58.9 Å². The summed E-state index contributed by atoms with van der Waals surface area (Å²) in [6.07, 6.45) is -3.44. The number of aliphatic hydroxyl groups is 3. The molecule has 1 saturated carbocycles. The van der Waals surface area contributed by atoms with E-state index in [-0.39, 0.29) is 31.5 Å². The van der Waals surface area contributed by atoms with Crippen molar-refractivity contribution in [2.75, 3.05) is 27.8 Å². The molecule has 1 unspecified atom stereocenters. The molecular weight excluding hydrogens is 1010 g/mol. The summed E-state index contributed by atoms with van der Waals surface area (Å²) in [5.41, 5.74) is 1.28. The highest BCUT2D eigenvalue weighted by Gasteiger charge is 2.55. The molecule has 1 amide bonds. The number of amides is 1. The first-order valence-corrected chi connectivity index (χ1v) is 28.1. The molecule has 0 spiro atoms. The zero-order chi connectivity index (χ0) is 57.9. The van der Waals surface area contributed by atoms with Crippen LogP contribution in [0.2, 0.25) is 0 Å². The number of ether oxygens (including phenoxy) is 8. The van der Waals surface area contributed by atoms with E-state index in [1.807, 2.05) is 32.8 Å². The number of hydrogen-bond acceptors (Lipinski definition) is 20. The molecule has 1 aromatic carbocycles. The lowest BCUT2D eigenvalue weighted by atomic mass is 9.73. The number of cyclic esters (lactones) is 1. The average molecular weight is 1110 g/mol. The number of nitrogens with one attached hydrogen (secondary N) is 2. The molecule has 5 N–H and O–H groups in total. The zero-order valence-corrected chi connectivity index (χ0v) is 48.6. The van der Waals surface area contributed by atoms with E-state index in [9.17, 15) is 39.8 Å². The van der Waals surface area contributed by atoms with Crippen molar-refractivity contribution < 1.29 is 77.4 Å². The molecule has 4 fully saturated rings. The maximum atomic E-state index is 14.8. The minimum absolute atomic E-state index is 0.0314. The summed E-state index contributed by atoms with van der Waals surface area (Å²) in [6, 6.07) is 5.35. The normalized spacial score (nSPS) is 38.2. The largest absolute Gasteiger partial charge is 0.459 e. The average Bonchev–Trinajstić information content (AvgIpc) is 3.47. The van der Waals surface area contributed by atoms with Crippen molar-refractivity contribution in [2.45, 2.75) is 238 Å². The maximum Gasteiger partial charge on any atom is 0.422 e. The molecule has 1 aromatic rings. The lowest BCUT2D eigenvalue weighted by Crippen LogP contribution is -2.62. The monoisotopic (exact) mass is 1110 g/mol. The molecular formula is C56H93N5O17. The number of non-ortho nitro benzene ring substituents is 1. The van der Waals surface area contributed by atoms with E-state index in [0.29, 0.717) is 30.2 Å². The van der Waals surface area contributed by atoms with E-state index in [4.69, 9.17) is 42.7 Å². The van der Waals surface area contributed by atoms with Gasteiger partial charge in [0.15, 0.2) is 24.8 Å². The lowest BCUT2D eigenvalue weighted by molar-refractivity contribution is -0.384. The zero-order valence-electron chi connectivity index (χ0n) is 48.6. The molecule has 444 valence electrons. The summed E-state index contributed by atoms with van der Waals surface area (Å²) in [5.74, 6) is -4.35. The van der Waals surface area contributed by atoms with Crippen molar-refractivity contribution in [1.82, 2.24) is 15.8 Å². The van der Waals surface area contributed by atoms with E-state index in [1.54, 1.807) is 60.6 Å². The van der Waals surface area contributed by atoms with Gasteiger partial charge in [-0.3, -0.25) is 25.1 Å². The van der Waals surface area contributed by atoms with Gasteiger partial charge >= 0.3 is 18.0 Å². The van der Waals surface area contributed by atoms with Gasteiger partial charge in [-0.25, -0.2) is 10.2 Å². The summed E-state index contributed by atoms with van der Waals surface area (Å²) in [7, 11) is 5.16. The highest BCUT2D eigenvalue weighted by molar-refractivity contribution is 5.88. The van der Waals surface area contributed by atoms with E-state index < -0.39 is 131 Å². The van der Waals surface area contributed by atoms with Crippen LogP contribution in [0, 0.1) is 39.7 Å². The SMILES string of the molecule is CC[C@H]1OC(=O)[C@H](C)[C@@H](O[C@H]2C[C@@](C)(OC)[C@@H](OC(C)=O)[C@H](C)O2)[C@H](C)[C@@H](O[C@@H]2O[C@H](C)C[C@H](N(C)C)[C@H]2OC(=O)NNCc2ccc([N+](=O)[O-])cc2)C(C)(O)C[C@@H](C)/C(=N\OCCCC2CCCCC2)[C@H](C)[C@@H](O)[C@]1(C)O. The Balaban J connectivity index is 1.58. The van der Waals surface area contributed by atoms with Crippen molar-refractivity contribution in [3.63, 3.8) is 0 Å². The number of nitro groups is 1. The van der Waals surface area contributed by atoms with Crippen LogP contribution >= 0.6 is 0 Å². The second-order valence-electron chi connectivity index (χ2n) is 23.4. The number of hydrazine groups is 1. The Hall–Kier alpha value is -4.10. The third kappa shape index (κ3) is 16.7. The molecule has 0 radical (unpaired) electrons. The number of esters is 2. The fourth-order valence-electron chi connectivity index (χ4n) is 12.2. The Morgan fingerprint density at radius 3 is 2.19 bits per heavy atom. The molecule has 22 nitrogen and oxygen atoms in total. The molecule has 4 aliphatic rings. The third-order valence-corrected chi connectivity index (χ3v) is 16.7. The minimum Gasteiger partial charge on any atom is -0.459 e. The van der Waals surface area contributed by atoms with Gasteiger partial charge in [0.1, 0.15) is 23.9 Å². The number of carbonyl (C=O) groups excluding carboxylic acids is 3. The quantitative estimate of drug-likeness (QED) is 0.0330. The Morgan fingerprint density at radius 2 is 1.59 bits per heavy atom. The van der Waals surface area contributed by atoms with Crippen molar-refractivity contribution >= 4 is 29.4 Å². The topological polar surface area (TPSA) is 278 Å². The van der Waals surface area contributed by atoms with Crippen molar-refractivity contribution in [3.05, 3.63) is 39.9 Å². The van der Waals surface area contributed by atoms with Crippen LogP contribution in [0.4, 0.5) is 10.5 Å². The van der Waals surface area contributed by atoms with Gasteiger partial charge in [-0.2, -0.15) is 0 Å². The second-order valence-corrected chi connectivity index (χ2v) is 23.4. The van der Waals surface area contributed by atoms with Gasteiger partial charge in [0.2, 0.25) is 0 Å². The smallest absolute Gasteiger partial charge is 0.422 e. The van der Waals surface area contributed by atoms with Crippen LogP contribution in [0.5, 0.6) is 0 Å². The lowest BCUT2D eigenvalue weighted by Gasteiger charge is -2.49. The van der Waals surface area contributed by atoms with Crippen LogP contribution in [-0.4, -0.2) is 161 Å². The number of rotatable bonds is 18. The number of likely N-dealkylation sites (N-methyl/N-ethyl adjacent to an activating group) is 1. The van der Waals surface area contributed by atoms with E-state index in [0.717, 1.165) is 12.8 Å². The number of aliphatic hydroxyl groups excluding tert-OH is 1. The van der Waals surface area contributed by atoms with Crippen LogP contribution in [0.25, 0.3) is 0 Å². The number of nitro benzene ring substituents is 1.